The van der Waals surface area contributed by atoms with E-state index in [2.05, 4.69) is 38.2 Å². The average molecular weight is 677 g/mol. The number of rotatable bonds is 36. The molecule has 0 heterocycles. The van der Waals surface area contributed by atoms with Gasteiger partial charge >= 0.3 is 17.9 Å². The van der Waals surface area contributed by atoms with Crippen LogP contribution in [0, 0.1) is 0 Å². The number of ether oxygens (including phenoxy) is 3. The summed E-state index contributed by atoms with van der Waals surface area (Å²) in [4.78, 5) is 47.6. The second kappa shape index (κ2) is 37.4. The van der Waals surface area contributed by atoms with Crippen LogP contribution in [-0.4, -0.2) is 43.5 Å². The largest absolute Gasteiger partial charge is 0.466 e. The van der Waals surface area contributed by atoms with Crippen molar-refractivity contribution in [2.75, 3.05) is 19.8 Å². The first-order valence-electron chi connectivity index (χ1n) is 19.8. The van der Waals surface area contributed by atoms with Gasteiger partial charge in [-0.05, 0) is 57.8 Å². The molecule has 0 aliphatic rings. The van der Waals surface area contributed by atoms with E-state index >= 15 is 0 Å². The fraction of sp³-hybridized carbons (Fsp3) is 0.805. The molecular formula is C41H72O7. The highest BCUT2D eigenvalue weighted by molar-refractivity contribution is 5.85. The van der Waals surface area contributed by atoms with Gasteiger partial charge in [-0.15, -0.1) is 0 Å². The van der Waals surface area contributed by atoms with Crippen LogP contribution in [0.5, 0.6) is 0 Å². The van der Waals surface area contributed by atoms with Crippen molar-refractivity contribution in [3.63, 3.8) is 0 Å². The first kappa shape index (κ1) is 45.6. The number of carbonyl (C=O) groups is 4. The zero-order valence-electron chi connectivity index (χ0n) is 31.1. The van der Waals surface area contributed by atoms with Crippen molar-refractivity contribution in [3.8, 4) is 0 Å². The molecule has 48 heavy (non-hydrogen) atoms. The minimum absolute atomic E-state index is 0.116. The van der Waals surface area contributed by atoms with Crippen LogP contribution in [0.3, 0.4) is 0 Å². The Labute approximate surface area is 294 Å². The smallest absolute Gasteiger partial charge is 0.306 e. The van der Waals surface area contributed by atoms with E-state index in [4.69, 9.17) is 14.2 Å². The molecule has 0 atom stereocenters. The van der Waals surface area contributed by atoms with Crippen LogP contribution in [0.2, 0.25) is 0 Å². The second-order valence-electron chi connectivity index (χ2n) is 13.2. The molecule has 0 rings (SSSR count). The summed E-state index contributed by atoms with van der Waals surface area (Å²) < 4.78 is 15.4. The molecule has 0 aromatic carbocycles. The van der Waals surface area contributed by atoms with Crippen LogP contribution in [0.15, 0.2) is 24.3 Å². The van der Waals surface area contributed by atoms with E-state index < -0.39 is 11.8 Å². The summed E-state index contributed by atoms with van der Waals surface area (Å²) >= 11 is 0. The highest BCUT2D eigenvalue weighted by Gasteiger charge is 2.11. The monoisotopic (exact) mass is 677 g/mol. The van der Waals surface area contributed by atoms with Gasteiger partial charge in [0.2, 0.25) is 5.78 Å². The lowest BCUT2D eigenvalue weighted by atomic mass is 10.1. The van der Waals surface area contributed by atoms with Crippen LogP contribution in [0.1, 0.15) is 194 Å². The molecule has 0 saturated heterocycles. The van der Waals surface area contributed by atoms with Crippen LogP contribution in [0.25, 0.3) is 0 Å². The summed E-state index contributed by atoms with van der Waals surface area (Å²) in [6.07, 6.45) is 37.7. The predicted molar refractivity (Wildman–Crippen MR) is 197 cm³/mol. The molecule has 0 bridgehead atoms. The molecule has 0 N–H and O–H groups in total. The lowest BCUT2D eigenvalue weighted by Crippen LogP contribution is -2.20. The zero-order chi connectivity index (χ0) is 35.2. The molecule has 0 aromatic rings. The quantitative estimate of drug-likeness (QED) is 0.0282. The fourth-order valence-electron chi connectivity index (χ4n) is 5.33. The maximum atomic E-state index is 11.9. The van der Waals surface area contributed by atoms with Gasteiger partial charge < -0.3 is 14.2 Å². The molecule has 0 fully saturated rings. The van der Waals surface area contributed by atoms with Gasteiger partial charge in [0.15, 0.2) is 13.2 Å². The van der Waals surface area contributed by atoms with Crippen LogP contribution in [0.4, 0.5) is 0 Å². The van der Waals surface area contributed by atoms with E-state index in [0.29, 0.717) is 25.9 Å². The van der Waals surface area contributed by atoms with Gasteiger partial charge in [0.05, 0.1) is 6.61 Å². The van der Waals surface area contributed by atoms with Crippen molar-refractivity contribution in [1.29, 1.82) is 0 Å². The molecule has 7 heteroatoms. The third kappa shape index (κ3) is 36.4. The molecule has 0 spiro atoms. The standard InChI is InChI=1S/C41H72O7/c1-3-5-7-9-11-13-14-15-16-17-18-19-21-24-29-33-40(44)47-36-38(42)37-48-41(45)34-30-26-23-25-28-32-39(43)46-35-31-27-22-20-12-10-8-6-4-2/h11,13,15-16H,3-10,12,14,17-37H2,1-2H3/b13-11-,16-15-. The first-order valence-corrected chi connectivity index (χ1v) is 19.8. The Hall–Kier alpha value is -2.44. The summed E-state index contributed by atoms with van der Waals surface area (Å²) in [5.41, 5.74) is 0. The van der Waals surface area contributed by atoms with Gasteiger partial charge in [-0.1, -0.05) is 141 Å². The van der Waals surface area contributed by atoms with Crippen molar-refractivity contribution >= 4 is 23.7 Å². The normalized spacial score (nSPS) is 11.4. The van der Waals surface area contributed by atoms with Crippen LogP contribution in [-0.2, 0) is 33.4 Å². The third-order valence-corrected chi connectivity index (χ3v) is 8.39. The summed E-state index contributed by atoms with van der Waals surface area (Å²) in [5, 5.41) is 0. The minimum Gasteiger partial charge on any atom is -0.466 e. The maximum absolute atomic E-state index is 11.9. The van der Waals surface area contributed by atoms with E-state index in [1.807, 2.05) is 0 Å². The lowest BCUT2D eigenvalue weighted by molar-refractivity contribution is -0.153. The molecule has 0 aliphatic heterocycles. The van der Waals surface area contributed by atoms with Crippen molar-refractivity contribution in [2.45, 2.75) is 194 Å². The van der Waals surface area contributed by atoms with E-state index in [1.165, 1.54) is 70.6 Å². The Bertz CT molecular complexity index is 833. The van der Waals surface area contributed by atoms with E-state index in [0.717, 1.165) is 83.5 Å². The number of hydrogen-bond donors (Lipinski definition) is 0. The topological polar surface area (TPSA) is 96.0 Å². The van der Waals surface area contributed by atoms with E-state index in [9.17, 15) is 19.2 Å². The molecule has 0 aromatic heterocycles. The van der Waals surface area contributed by atoms with Gasteiger partial charge in [-0.2, -0.15) is 0 Å². The van der Waals surface area contributed by atoms with Crippen molar-refractivity contribution in [2.24, 2.45) is 0 Å². The average Bonchev–Trinajstić information content (AvgIpc) is 3.08. The number of carbonyl (C=O) groups excluding carboxylic acids is 4. The molecule has 0 amide bonds. The van der Waals surface area contributed by atoms with Gasteiger partial charge in [0, 0.05) is 19.3 Å². The van der Waals surface area contributed by atoms with Crippen molar-refractivity contribution in [3.05, 3.63) is 24.3 Å². The Morgan fingerprint density at radius 2 is 0.750 bits per heavy atom. The lowest BCUT2D eigenvalue weighted by Gasteiger charge is -2.06. The fourth-order valence-corrected chi connectivity index (χ4v) is 5.33. The summed E-state index contributed by atoms with van der Waals surface area (Å²) in [5.74, 6) is -1.33. The van der Waals surface area contributed by atoms with Gasteiger partial charge in [-0.25, -0.2) is 0 Å². The van der Waals surface area contributed by atoms with Crippen molar-refractivity contribution in [1.82, 2.24) is 0 Å². The number of esters is 3. The first-order chi connectivity index (χ1) is 23.5. The van der Waals surface area contributed by atoms with Crippen LogP contribution >= 0.6 is 0 Å². The highest BCUT2D eigenvalue weighted by atomic mass is 16.6. The summed E-state index contributed by atoms with van der Waals surface area (Å²) in [6.45, 7) is 4.27. The van der Waals surface area contributed by atoms with E-state index in [1.54, 1.807) is 0 Å². The molecular weight excluding hydrogens is 604 g/mol. The third-order valence-electron chi connectivity index (χ3n) is 8.39. The molecule has 7 nitrogen and oxygen atoms in total. The van der Waals surface area contributed by atoms with Gasteiger partial charge in [0.25, 0.3) is 0 Å². The Kier molecular flexibility index (Phi) is 35.5. The number of hydrogen-bond acceptors (Lipinski definition) is 7. The number of allylic oxidation sites excluding steroid dienone is 4. The van der Waals surface area contributed by atoms with Crippen molar-refractivity contribution < 1.29 is 33.4 Å². The maximum Gasteiger partial charge on any atom is 0.306 e. The van der Waals surface area contributed by atoms with Crippen LogP contribution < -0.4 is 0 Å². The number of Topliss-reactive ketones (excluding diaryl/α,β-unsaturated/α-hetero) is 1. The second-order valence-corrected chi connectivity index (χ2v) is 13.2. The van der Waals surface area contributed by atoms with Gasteiger partial charge in [0.1, 0.15) is 0 Å². The molecule has 0 radical (unpaired) electrons. The Morgan fingerprint density at radius 3 is 1.23 bits per heavy atom. The summed E-state index contributed by atoms with van der Waals surface area (Å²) in [7, 11) is 0. The number of ketones is 1. The zero-order valence-corrected chi connectivity index (χ0v) is 31.1. The minimum atomic E-state index is -0.417. The highest BCUT2D eigenvalue weighted by Crippen LogP contribution is 2.12. The molecule has 0 aliphatic carbocycles. The molecule has 0 saturated carbocycles. The molecule has 278 valence electrons. The van der Waals surface area contributed by atoms with E-state index in [-0.39, 0.29) is 31.6 Å². The van der Waals surface area contributed by atoms with Gasteiger partial charge in [-0.3, -0.25) is 19.2 Å². The summed E-state index contributed by atoms with van der Waals surface area (Å²) in [6, 6.07) is 0. The SMILES string of the molecule is CCCCC/C=C\C/C=C\CCCCCCCC(=O)OCC(=O)COC(=O)CCCCCCCC(=O)OCCCCCCCCCCC. The Morgan fingerprint density at radius 1 is 0.396 bits per heavy atom. The number of unbranched alkanes of at least 4 members (excludes halogenated alkanes) is 20. The Balaban J connectivity index is 3.50. The predicted octanol–water partition coefficient (Wildman–Crippen LogP) is 11.3. The molecule has 0 unspecified atom stereocenters.